The van der Waals surface area contributed by atoms with Crippen molar-refractivity contribution in [1.29, 1.82) is 0 Å². The van der Waals surface area contributed by atoms with Crippen LogP contribution in [0.2, 0.25) is 0 Å². The van der Waals surface area contributed by atoms with E-state index in [0.29, 0.717) is 13.0 Å². The van der Waals surface area contributed by atoms with Crippen LogP contribution in [0.25, 0.3) is 0 Å². The fourth-order valence-corrected chi connectivity index (χ4v) is 6.23. The average molecular weight is 503 g/mol. The Kier molecular flexibility index (Phi) is 11.8. The number of rotatable bonds is 17. The standard InChI is InChI=1S/C21H46N2O7S2/c1-10-29-20(6,7)11-12-30-21(8,22)17-32(26,27)23-13-18(2,3)14-28-15-19(4,5)16-31(9,24)25/h23H,10-17,22H2,1-9H3. The van der Waals surface area contributed by atoms with E-state index in [1.54, 1.807) is 0 Å². The van der Waals surface area contributed by atoms with Crippen LogP contribution in [0.4, 0.5) is 0 Å². The Balaban J connectivity index is 4.60. The molecule has 0 saturated heterocycles. The van der Waals surface area contributed by atoms with Gasteiger partial charge in [-0.1, -0.05) is 27.7 Å². The topological polar surface area (TPSA) is 134 Å². The summed E-state index contributed by atoms with van der Waals surface area (Å²) < 4.78 is 67.7. The maximum absolute atomic E-state index is 12.5. The molecule has 0 aromatic rings. The highest BCUT2D eigenvalue weighted by molar-refractivity contribution is 7.90. The first-order valence-electron chi connectivity index (χ1n) is 10.9. The summed E-state index contributed by atoms with van der Waals surface area (Å²) in [5.74, 6) is -0.364. The van der Waals surface area contributed by atoms with Gasteiger partial charge >= 0.3 is 0 Å². The maximum Gasteiger partial charge on any atom is 0.215 e. The van der Waals surface area contributed by atoms with Crippen LogP contribution in [0.1, 0.15) is 61.8 Å². The number of nitrogens with two attached hydrogens (primary N) is 1. The zero-order valence-corrected chi connectivity index (χ0v) is 23.0. The third kappa shape index (κ3) is 16.3. The minimum Gasteiger partial charge on any atom is -0.380 e. The van der Waals surface area contributed by atoms with Crippen LogP contribution in [0.3, 0.4) is 0 Å². The summed E-state index contributed by atoms with van der Waals surface area (Å²) >= 11 is 0. The van der Waals surface area contributed by atoms with Crippen LogP contribution < -0.4 is 10.5 Å². The molecule has 0 aliphatic rings. The molecule has 11 heteroatoms. The Morgan fingerprint density at radius 2 is 1.38 bits per heavy atom. The molecule has 32 heavy (non-hydrogen) atoms. The van der Waals surface area contributed by atoms with Gasteiger partial charge in [0.2, 0.25) is 10.0 Å². The largest absolute Gasteiger partial charge is 0.380 e. The number of nitrogens with one attached hydrogen (secondary N) is 1. The van der Waals surface area contributed by atoms with E-state index in [9.17, 15) is 16.8 Å². The number of hydrogen-bond donors (Lipinski definition) is 2. The third-order valence-corrected chi connectivity index (χ3v) is 7.40. The highest BCUT2D eigenvalue weighted by Crippen LogP contribution is 2.21. The monoisotopic (exact) mass is 502 g/mol. The Morgan fingerprint density at radius 3 is 1.88 bits per heavy atom. The summed E-state index contributed by atoms with van der Waals surface area (Å²) in [6, 6.07) is 0. The van der Waals surface area contributed by atoms with Gasteiger partial charge in [-0.15, -0.1) is 0 Å². The Bertz CT molecular complexity index is 774. The Morgan fingerprint density at radius 1 is 0.844 bits per heavy atom. The quantitative estimate of drug-likeness (QED) is 0.288. The Hall–Kier alpha value is -0.300. The molecule has 0 amide bonds. The van der Waals surface area contributed by atoms with Crippen LogP contribution in [-0.2, 0) is 34.1 Å². The minimum atomic E-state index is -3.69. The second-order valence-electron chi connectivity index (χ2n) is 11.1. The highest BCUT2D eigenvalue weighted by atomic mass is 32.2. The van der Waals surface area contributed by atoms with Crippen molar-refractivity contribution in [3.63, 3.8) is 0 Å². The predicted octanol–water partition coefficient (Wildman–Crippen LogP) is 1.92. The van der Waals surface area contributed by atoms with Crippen LogP contribution in [0.15, 0.2) is 0 Å². The summed E-state index contributed by atoms with van der Waals surface area (Å²) in [6.07, 6.45) is 1.78. The number of sulfonamides is 1. The van der Waals surface area contributed by atoms with Crippen molar-refractivity contribution in [3.05, 3.63) is 0 Å². The molecule has 0 aliphatic carbocycles. The van der Waals surface area contributed by atoms with Crippen LogP contribution in [0.5, 0.6) is 0 Å². The van der Waals surface area contributed by atoms with Crippen molar-refractivity contribution in [2.45, 2.75) is 73.1 Å². The fraction of sp³-hybridized carbons (Fsp3) is 1.00. The normalized spacial score (nSPS) is 16.2. The molecule has 0 saturated carbocycles. The first kappa shape index (κ1) is 31.7. The summed E-state index contributed by atoms with van der Waals surface area (Å²) in [7, 11) is -6.81. The zero-order chi connectivity index (χ0) is 25.5. The molecular weight excluding hydrogens is 456 g/mol. The van der Waals surface area contributed by atoms with E-state index in [4.69, 9.17) is 19.9 Å². The van der Waals surface area contributed by atoms with Crippen molar-refractivity contribution in [1.82, 2.24) is 4.72 Å². The third-order valence-electron chi connectivity index (χ3n) is 4.56. The van der Waals surface area contributed by atoms with Crippen LogP contribution in [0, 0.1) is 10.8 Å². The molecule has 0 spiro atoms. The maximum atomic E-state index is 12.5. The molecule has 0 aliphatic heterocycles. The van der Waals surface area contributed by atoms with Crippen molar-refractivity contribution in [2.75, 3.05) is 50.7 Å². The van der Waals surface area contributed by atoms with Gasteiger partial charge in [0.15, 0.2) is 0 Å². The molecular formula is C21H46N2O7S2. The van der Waals surface area contributed by atoms with Gasteiger partial charge in [-0.05, 0) is 34.1 Å². The van der Waals surface area contributed by atoms with Gasteiger partial charge in [0, 0.05) is 30.2 Å². The molecule has 0 bridgehead atoms. The molecule has 0 aromatic carbocycles. The molecule has 3 N–H and O–H groups in total. The highest BCUT2D eigenvalue weighted by Gasteiger charge is 2.31. The smallest absolute Gasteiger partial charge is 0.215 e. The van der Waals surface area contributed by atoms with Gasteiger partial charge in [-0.25, -0.2) is 21.6 Å². The fourth-order valence-electron chi connectivity index (χ4n) is 3.17. The summed E-state index contributed by atoms with van der Waals surface area (Å²) in [5, 5.41) is 0. The molecule has 0 aromatic heterocycles. The van der Waals surface area contributed by atoms with E-state index in [0.717, 1.165) is 0 Å². The predicted molar refractivity (Wildman–Crippen MR) is 129 cm³/mol. The van der Waals surface area contributed by atoms with E-state index in [1.165, 1.54) is 13.2 Å². The summed E-state index contributed by atoms with van der Waals surface area (Å²) in [5.41, 5.74) is 3.32. The van der Waals surface area contributed by atoms with Crippen molar-refractivity contribution in [3.8, 4) is 0 Å². The summed E-state index contributed by atoms with van der Waals surface area (Å²) in [4.78, 5) is 0. The van der Waals surface area contributed by atoms with Crippen molar-refractivity contribution < 1.29 is 31.0 Å². The molecule has 194 valence electrons. The lowest BCUT2D eigenvalue weighted by Crippen LogP contribution is -2.50. The molecule has 1 unspecified atom stereocenters. The molecule has 0 heterocycles. The van der Waals surface area contributed by atoms with Gasteiger partial charge in [-0.3, -0.25) is 0 Å². The molecule has 0 radical (unpaired) electrons. The van der Waals surface area contributed by atoms with Gasteiger partial charge in [0.1, 0.15) is 21.3 Å². The SMILES string of the molecule is CCOC(C)(C)CCOC(C)(N)CS(=O)(=O)NCC(C)(C)COCC(C)(C)CS(C)(=O)=O. The Labute approximate surface area is 196 Å². The van der Waals surface area contributed by atoms with Crippen molar-refractivity contribution in [2.24, 2.45) is 16.6 Å². The van der Waals surface area contributed by atoms with Crippen molar-refractivity contribution >= 4 is 19.9 Å². The molecule has 0 rings (SSSR count). The summed E-state index contributed by atoms with van der Waals surface area (Å²) in [6.45, 7) is 16.2. The minimum absolute atomic E-state index is 0.0178. The first-order valence-corrected chi connectivity index (χ1v) is 14.6. The molecule has 0 fully saturated rings. The van der Waals surface area contributed by atoms with E-state index in [1.807, 2.05) is 48.5 Å². The molecule has 9 nitrogen and oxygen atoms in total. The second-order valence-corrected chi connectivity index (χ2v) is 15.0. The second kappa shape index (κ2) is 11.9. The van der Waals surface area contributed by atoms with E-state index in [-0.39, 0.29) is 43.5 Å². The van der Waals surface area contributed by atoms with Crippen LogP contribution in [-0.4, -0.2) is 78.9 Å². The van der Waals surface area contributed by atoms with E-state index in [2.05, 4.69) is 4.72 Å². The van der Waals surface area contributed by atoms with Gasteiger partial charge < -0.3 is 19.9 Å². The molecule has 1 atom stereocenters. The number of hydrogen-bond acceptors (Lipinski definition) is 8. The first-order chi connectivity index (χ1) is 14.1. The van der Waals surface area contributed by atoms with Crippen LogP contribution >= 0.6 is 0 Å². The van der Waals surface area contributed by atoms with Gasteiger partial charge in [-0.2, -0.15) is 0 Å². The lowest BCUT2D eigenvalue weighted by molar-refractivity contribution is -0.0657. The number of sulfone groups is 1. The lowest BCUT2D eigenvalue weighted by Gasteiger charge is -2.31. The average Bonchev–Trinajstić information content (AvgIpc) is 2.48. The lowest BCUT2D eigenvalue weighted by atomic mass is 9.94. The van der Waals surface area contributed by atoms with E-state index < -0.39 is 36.4 Å². The van der Waals surface area contributed by atoms with E-state index >= 15 is 0 Å². The number of ether oxygens (including phenoxy) is 3. The van der Waals surface area contributed by atoms with Gasteiger partial charge in [0.25, 0.3) is 0 Å². The van der Waals surface area contributed by atoms with Gasteiger partial charge in [0.05, 0.1) is 31.2 Å². The zero-order valence-electron chi connectivity index (χ0n) is 21.4.